The van der Waals surface area contributed by atoms with Gasteiger partial charge in [-0.2, -0.15) is 11.8 Å². The topological polar surface area (TPSA) is 192 Å². The van der Waals surface area contributed by atoms with Gasteiger partial charge in [-0.3, -0.25) is 19.8 Å². The standard InChI is InChI=1S/C50H58FN7O8S2/c1-30(2)36-6-4-5-7-37(36)43-29-67-19-18-57(43)33-24-50(25-33)14-16-56(17-15-50)32-8-9-38(44(20-32)66-34-21-39-40(51)27-53-47(39)52-26-34)48(59)55-68(63,64)35-22-42(58(61)62)46-45(23-35)65-28-41(54-46)31-10-12-49(3,60)13-11-31/h4-9,20-23,26-27,30-31,33,41,43,54,60H,10-19,24-25,28-29H2,1-3H3,(H,52,53)(H,55,59)/t31-,41-,43+,49-/m1/s1. The minimum absolute atomic E-state index is 0.0196. The van der Waals surface area contributed by atoms with Gasteiger partial charge in [0.25, 0.3) is 21.6 Å². The van der Waals surface area contributed by atoms with Gasteiger partial charge in [-0.05, 0) is 105 Å². The van der Waals surface area contributed by atoms with Crippen LogP contribution in [0.25, 0.3) is 11.0 Å². The first-order valence-electron chi connectivity index (χ1n) is 23.7. The fourth-order valence-corrected chi connectivity index (χ4v) is 13.4. The van der Waals surface area contributed by atoms with E-state index in [1.165, 1.54) is 41.7 Å². The molecule has 68 heavy (non-hydrogen) atoms. The van der Waals surface area contributed by atoms with Crippen molar-refractivity contribution in [2.75, 3.05) is 48.0 Å². The van der Waals surface area contributed by atoms with E-state index >= 15 is 0 Å². The van der Waals surface area contributed by atoms with Gasteiger partial charge in [-0.25, -0.2) is 22.5 Å². The minimum atomic E-state index is -4.72. The number of ether oxygens (including phenoxy) is 2. The highest BCUT2D eigenvalue weighted by atomic mass is 32.2. The van der Waals surface area contributed by atoms with Crippen LogP contribution in [0.3, 0.4) is 0 Å². The number of anilines is 2. The number of rotatable bonds is 11. The van der Waals surface area contributed by atoms with E-state index in [2.05, 4.69) is 67.9 Å². The fraction of sp³-hybridized carbons (Fsp3) is 0.480. The molecule has 0 unspecified atom stereocenters. The van der Waals surface area contributed by atoms with E-state index in [1.54, 1.807) is 19.1 Å². The normalized spacial score (nSPS) is 24.2. The van der Waals surface area contributed by atoms with Crippen molar-refractivity contribution in [1.29, 1.82) is 0 Å². The molecular weight excluding hydrogens is 910 g/mol. The summed E-state index contributed by atoms with van der Waals surface area (Å²) in [6.07, 6.45) is 9.44. The number of benzene rings is 3. The van der Waals surface area contributed by atoms with Crippen LogP contribution in [0.15, 0.2) is 78.0 Å². The van der Waals surface area contributed by atoms with Gasteiger partial charge in [-0.1, -0.05) is 38.1 Å². The van der Waals surface area contributed by atoms with Crippen LogP contribution >= 0.6 is 11.8 Å². The van der Waals surface area contributed by atoms with Gasteiger partial charge in [0.05, 0.1) is 38.6 Å². The van der Waals surface area contributed by atoms with Crippen LogP contribution in [-0.4, -0.2) is 94.7 Å². The van der Waals surface area contributed by atoms with Gasteiger partial charge in [-0.15, -0.1) is 0 Å². The van der Waals surface area contributed by atoms with E-state index in [0.29, 0.717) is 49.3 Å². The summed E-state index contributed by atoms with van der Waals surface area (Å²) in [4.78, 5) is 37.4. The van der Waals surface area contributed by atoms with E-state index in [-0.39, 0.29) is 57.9 Å². The number of carbonyl (C=O) groups is 1. The summed E-state index contributed by atoms with van der Waals surface area (Å²) in [6, 6.07) is 18.1. The Morgan fingerprint density at radius 1 is 1.07 bits per heavy atom. The van der Waals surface area contributed by atoms with Crippen molar-refractivity contribution < 1.29 is 37.1 Å². The maximum Gasteiger partial charge on any atom is 0.297 e. The molecule has 2 aliphatic carbocycles. The largest absolute Gasteiger partial charge is 0.489 e. The number of aromatic amines is 1. The summed E-state index contributed by atoms with van der Waals surface area (Å²) in [7, 11) is -4.72. The van der Waals surface area contributed by atoms with Crippen molar-refractivity contribution in [2.24, 2.45) is 11.3 Å². The Labute approximate surface area is 399 Å². The molecule has 15 nitrogen and oxygen atoms in total. The lowest BCUT2D eigenvalue weighted by atomic mass is 9.59. The first kappa shape index (κ1) is 46.3. The Morgan fingerprint density at radius 3 is 2.59 bits per heavy atom. The average Bonchev–Trinajstić information content (AvgIpc) is 3.69. The molecule has 2 saturated heterocycles. The molecule has 0 radical (unpaired) electrons. The van der Waals surface area contributed by atoms with Crippen LogP contribution in [0.4, 0.5) is 21.5 Å². The Kier molecular flexibility index (Phi) is 12.4. The van der Waals surface area contributed by atoms with Crippen molar-refractivity contribution in [1.82, 2.24) is 19.6 Å². The number of nitrogens with zero attached hydrogens (tertiary/aromatic N) is 4. The Balaban J connectivity index is 0.864. The second kappa shape index (κ2) is 18.1. The maximum atomic E-state index is 14.7. The predicted molar refractivity (Wildman–Crippen MR) is 260 cm³/mol. The summed E-state index contributed by atoms with van der Waals surface area (Å²) in [5, 5.41) is 26.2. The average molecular weight is 968 g/mol. The lowest BCUT2D eigenvalue weighted by Crippen LogP contribution is -2.57. The summed E-state index contributed by atoms with van der Waals surface area (Å²) in [5.41, 5.74) is 2.88. The number of fused-ring (bicyclic) bond motifs is 2. The summed E-state index contributed by atoms with van der Waals surface area (Å²) < 4.78 is 57.0. The van der Waals surface area contributed by atoms with Gasteiger partial charge in [0, 0.05) is 73.3 Å². The maximum absolute atomic E-state index is 14.7. The quantitative estimate of drug-likeness (QED) is 0.0724. The summed E-state index contributed by atoms with van der Waals surface area (Å²) in [5.74, 6) is 1.34. The van der Waals surface area contributed by atoms with Crippen molar-refractivity contribution in [2.45, 2.75) is 107 Å². The predicted octanol–water partition coefficient (Wildman–Crippen LogP) is 9.30. The zero-order valence-corrected chi connectivity index (χ0v) is 40.1. The molecule has 10 rings (SSSR count). The number of H-pyrrole nitrogens is 1. The number of nitrogens with one attached hydrogen (secondary N) is 3. The SMILES string of the molecule is CC(C)c1ccccc1[C@@H]1CSCCN1C1CC2(CCN(c3ccc(C(=O)NS(=O)(=O)c4cc5c(c([N+](=O)[O-])c4)N[C@@H]([C@H]4CC[C@](C)(O)CC4)CO5)c(Oc4cnc5[nH]cc(F)c5c4)c3)CC2)C1. The Morgan fingerprint density at radius 2 is 1.84 bits per heavy atom. The Hall–Kier alpha value is -5.43. The fourth-order valence-electron chi connectivity index (χ4n) is 11.3. The monoisotopic (exact) mass is 967 g/mol. The molecule has 0 bridgehead atoms. The van der Waals surface area contributed by atoms with Crippen molar-refractivity contribution in [3.05, 3.63) is 106 Å². The van der Waals surface area contributed by atoms with Crippen LogP contribution in [0.2, 0.25) is 0 Å². The number of nitro groups is 1. The number of aliphatic hydroxyl groups is 1. The molecule has 3 aliphatic heterocycles. The highest BCUT2D eigenvalue weighted by Crippen LogP contribution is 2.54. The van der Waals surface area contributed by atoms with E-state index in [9.17, 15) is 32.8 Å². The number of sulfonamides is 1. The summed E-state index contributed by atoms with van der Waals surface area (Å²) in [6.45, 7) is 9.13. The lowest BCUT2D eigenvalue weighted by Gasteiger charge is -2.57. The lowest BCUT2D eigenvalue weighted by molar-refractivity contribution is -0.384. The Bertz CT molecular complexity index is 2850. The molecule has 5 heterocycles. The van der Waals surface area contributed by atoms with E-state index in [0.717, 1.165) is 68.6 Å². The molecule has 360 valence electrons. The zero-order valence-electron chi connectivity index (χ0n) is 38.5. The number of nitro benzene ring substituents is 1. The molecule has 5 aliphatic rings. The van der Waals surface area contributed by atoms with Gasteiger partial charge < -0.3 is 29.8 Å². The number of pyridine rings is 1. The molecule has 2 aromatic heterocycles. The van der Waals surface area contributed by atoms with Crippen molar-refractivity contribution in [3.63, 3.8) is 0 Å². The molecule has 2 saturated carbocycles. The first-order chi connectivity index (χ1) is 32.6. The van der Waals surface area contributed by atoms with Crippen LogP contribution < -0.4 is 24.4 Å². The third-order valence-corrected chi connectivity index (χ3v) is 17.6. The number of aromatic nitrogens is 2. The number of amides is 1. The zero-order chi connectivity index (χ0) is 47.5. The molecule has 4 fully saturated rings. The molecular formula is C50H58FN7O8S2. The second-order valence-electron chi connectivity index (χ2n) is 20.1. The van der Waals surface area contributed by atoms with Crippen LogP contribution in [0.5, 0.6) is 17.2 Å². The number of piperidine rings is 1. The summed E-state index contributed by atoms with van der Waals surface area (Å²) >= 11 is 2.05. The second-order valence-corrected chi connectivity index (χ2v) is 22.9. The number of halogens is 1. The van der Waals surface area contributed by atoms with Crippen LogP contribution in [-0.2, 0) is 10.0 Å². The van der Waals surface area contributed by atoms with E-state index in [4.69, 9.17) is 9.47 Å². The van der Waals surface area contributed by atoms with E-state index in [1.807, 2.05) is 11.8 Å². The highest BCUT2D eigenvalue weighted by Gasteiger charge is 2.50. The molecule has 18 heteroatoms. The molecule has 5 aromatic rings. The van der Waals surface area contributed by atoms with Crippen molar-refractivity contribution >= 4 is 55.8 Å². The van der Waals surface area contributed by atoms with Gasteiger partial charge >= 0.3 is 0 Å². The molecule has 1 amide bonds. The minimum Gasteiger partial charge on any atom is -0.489 e. The molecule has 1 spiro atoms. The molecule has 3 aromatic carbocycles. The van der Waals surface area contributed by atoms with E-state index < -0.39 is 42.9 Å². The molecule has 4 N–H and O–H groups in total. The number of thioether (sulfide) groups is 1. The highest BCUT2D eigenvalue weighted by molar-refractivity contribution is 7.99. The van der Waals surface area contributed by atoms with Gasteiger partial charge in [0.15, 0.2) is 11.4 Å². The first-order valence-corrected chi connectivity index (χ1v) is 26.3. The van der Waals surface area contributed by atoms with Crippen LogP contribution in [0, 0.1) is 27.3 Å². The van der Waals surface area contributed by atoms with Crippen LogP contribution in [0.1, 0.15) is 106 Å². The number of hydrogen-bond acceptors (Lipinski definition) is 13. The smallest absolute Gasteiger partial charge is 0.297 e. The van der Waals surface area contributed by atoms with Gasteiger partial charge in [0.1, 0.15) is 29.6 Å². The third kappa shape index (κ3) is 9.11. The van der Waals surface area contributed by atoms with Gasteiger partial charge in [0.2, 0.25) is 0 Å². The number of carbonyl (C=O) groups excluding carboxylic acids is 1. The number of hydrogen-bond donors (Lipinski definition) is 4. The van der Waals surface area contributed by atoms with Crippen molar-refractivity contribution in [3.8, 4) is 17.2 Å². The third-order valence-electron chi connectivity index (χ3n) is 15.2. The molecule has 2 atom stereocenters.